The zero-order valence-corrected chi connectivity index (χ0v) is 13.4. The van der Waals surface area contributed by atoms with E-state index in [1.807, 2.05) is 30.3 Å². The summed E-state index contributed by atoms with van der Waals surface area (Å²) in [5, 5.41) is 6.64. The number of hydrogen-bond donors (Lipinski definition) is 2. The average molecular weight is 304 g/mol. The standard InChI is InChI=1S/C19H20N4/c1-14-7-9-17(10-8-14)23-19-11-18(21-13-22-19)20-12-16-6-4-3-5-15(16)2/h3-11,13H,12H2,1-2H3,(H2,20,21,22,23). The van der Waals surface area contributed by atoms with Crippen LogP contribution in [0.4, 0.5) is 17.3 Å². The molecule has 0 aliphatic carbocycles. The third kappa shape index (κ3) is 4.07. The lowest BCUT2D eigenvalue weighted by Crippen LogP contribution is -2.04. The van der Waals surface area contributed by atoms with Crippen molar-refractivity contribution in [3.8, 4) is 0 Å². The lowest BCUT2D eigenvalue weighted by atomic mass is 10.1. The van der Waals surface area contributed by atoms with E-state index in [9.17, 15) is 0 Å². The number of benzene rings is 2. The van der Waals surface area contributed by atoms with Crippen molar-refractivity contribution in [1.29, 1.82) is 0 Å². The summed E-state index contributed by atoms with van der Waals surface area (Å²) in [4.78, 5) is 8.55. The Hall–Kier alpha value is -2.88. The van der Waals surface area contributed by atoms with Gasteiger partial charge in [-0.3, -0.25) is 0 Å². The Morgan fingerprint density at radius 2 is 1.61 bits per heavy atom. The second-order valence-electron chi connectivity index (χ2n) is 5.56. The SMILES string of the molecule is Cc1ccc(Nc2cc(NCc3ccccc3C)ncn2)cc1. The highest BCUT2D eigenvalue weighted by Gasteiger charge is 2.01. The minimum atomic E-state index is 0.744. The summed E-state index contributed by atoms with van der Waals surface area (Å²) < 4.78 is 0. The molecular weight excluding hydrogens is 284 g/mol. The molecule has 1 aromatic heterocycles. The molecule has 0 atom stereocenters. The predicted octanol–water partition coefficient (Wildman–Crippen LogP) is 4.45. The van der Waals surface area contributed by atoms with Crippen LogP contribution in [0.15, 0.2) is 60.9 Å². The molecule has 3 aromatic rings. The highest BCUT2D eigenvalue weighted by molar-refractivity contribution is 5.59. The van der Waals surface area contributed by atoms with E-state index in [1.54, 1.807) is 6.33 Å². The fraction of sp³-hybridized carbons (Fsp3) is 0.158. The van der Waals surface area contributed by atoms with Crippen LogP contribution in [0, 0.1) is 13.8 Å². The second kappa shape index (κ2) is 6.92. The van der Waals surface area contributed by atoms with E-state index >= 15 is 0 Å². The summed E-state index contributed by atoms with van der Waals surface area (Å²) in [5.74, 6) is 1.58. The number of rotatable bonds is 5. The molecular formula is C19H20N4. The van der Waals surface area contributed by atoms with Crippen LogP contribution in [0.2, 0.25) is 0 Å². The molecule has 0 saturated carbocycles. The van der Waals surface area contributed by atoms with Gasteiger partial charge in [-0.2, -0.15) is 0 Å². The first-order valence-electron chi connectivity index (χ1n) is 7.65. The molecule has 0 bridgehead atoms. The molecule has 4 nitrogen and oxygen atoms in total. The normalized spacial score (nSPS) is 10.3. The Bertz CT molecular complexity index is 781. The molecule has 3 rings (SSSR count). The molecule has 4 heteroatoms. The largest absolute Gasteiger partial charge is 0.366 e. The van der Waals surface area contributed by atoms with Gasteiger partial charge in [0.25, 0.3) is 0 Å². The van der Waals surface area contributed by atoms with Gasteiger partial charge in [-0.05, 0) is 37.1 Å². The van der Waals surface area contributed by atoms with Crippen LogP contribution in [-0.2, 0) is 6.54 Å². The van der Waals surface area contributed by atoms with Crippen molar-refractivity contribution < 1.29 is 0 Å². The Morgan fingerprint density at radius 3 is 2.39 bits per heavy atom. The summed E-state index contributed by atoms with van der Waals surface area (Å²) in [7, 11) is 0. The molecule has 1 heterocycles. The summed E-state index contributed by atoms with van der Waals surface area (Å²) in [5.41, 5.74) is 4.78. The molecule has 2 N–H and O–H groups in total. The monoisotopic (exact) mass is 304 g/mol. The van der Waals surface area contributed by atoms with Gasteiger partial charge in [0.1, 0.15) is 18.0 Å². The van der Waals surface area contributed by atoms with Crippen molar-refractivity contribution in [1.82, 2.24) is 9.97 Å². The lowest BCUT2D eigenvalue weighted by molar-refractivity contribution is 1.07. The van der Waals surface area contributed by atoms with Crippen LogP contribution in [0.3, 0.4) is 0 Å². The van der Waals surface area contributed by atoms with Gasteiger partial charge in [0.05, 0.1) is 0 Å². The average Bonchev–Trinajstić information content (AvgIpc) is 2.57. The van der Waals surface area contributed by atoms with Gasteiger partial charge < -0.3 is 10.6 Å². The van der Waals surface area contributed by atoms with E-state index in [0.717, 1.165) is 23.9 Å². The van der Waals surface area contributed by atoms with Crippen LogP contribution >= 0.6 is 0 Å². The number of aromatic nitrogens is 2. The Morgan fingerprint density at radius 1 is 0.870 bits per heavy atom. The first kappa shape index (κ1) is 15.0. The van der Waals surface area contributed by atoms with Crippen molar-refractivity contribution >= 4 is 17.3 Å². The molecule has 0 unspecified atom stereocenters. The molecule has 0 aliphatic rings. The van der Waals surface area contributed by atoms with Gasteiger partial charge in [-0.25, -0.2) is 9.97 Å². The predicted molar refractivity (Wildman–Crippen MR) is 95.0 cm³/mol. The zero-order chi connectivity index (χ0) is 16.1. The number of nitrogens with one attached hydrogen (secondary N) is 2. The Kier molecular flexibility index (Phi) is 4.52. The van der Waals surface area contributed by atoms with Crippen molar-refractivity contribution in [2.24, 2.45) is 0 Å². The third-order valence-electron chi connectivity index (χ3n) is 3.71. The molecule has 0 spiro atoms. The number of aryl methyl sites for hydroxylation is 2. The molecule has 2 aromatic carbocycles. The smallest absolute Gasteiger partial charge is 0.135 e. The van der Waals surface area contributed by atoms with Gasteiger partial charge in [0.15, 0.2) is 0 Å². The van der Waals surface area contributed by atoms with E-state index in [0.29, 0.717) is 0 Å². The van der Waals surface area contributed by atoms with Crippen molar-refractivity contribution in [3.63, 3.8) is 0 Å². The molecule has 0 saturated heterocycles. The lowest BCUT2D eigenvalue weighted by Gasteiger charge is -2.10. The van der Waals surface area contributed by atoms with Gasteiger partial charge in [-0.15, -0.1) is 0 Å². The fourth-order valence-corrected chi connectivity index (χ4v) is 2.30. The van der Waals surface area contributed by atoms with Crippen LogP contribution in [-0.4, -0.2) is 9.97 Å². The van der Waals surface area contributed by atoms with Gasteiger partial charge in [0.2, 0.25) is 0 Å². The highest BCUT2D eigenvalue weighted by atomic mass is 15.1. The molecule has 0 fully saturated rings. The second-order valence-corrected chi connectivity index (χ2v) is 5.56. The van der Waals surface area contributed by atoms with Crippen LogP contribution in [0.1, 0.15) is 16.7 Å². The summed E-state index contributed by atoms with van der Waals surface area (Å²) in [6, 6.07) is 18.5. The number of nitrogens with zero attached hydrogens (tertiary/aromatic N) is 2. The van der Waals surface area contributed by atoms with Crippen LogP contribution in [0.25, 0.3) is 0 Å². The van der Waals surface area contributed by atoms with Crippen molar-refractivity contribution in [2.75, 3.05) is 10.6 Å². The maximum absolute atomic E-state index is 4.28. The number of anilines is 3. The van der Waals surface area contributed by atoms with Crippen molar-refractivity contribution in [2.45, 2.75) is 20.4 Å². The maximum atomic E-state index is 4.28. The Balaban J connectivity index is 1.67. The summed E-state index contributed by atoms with van der Waals surface area (Å²) >= 11 is 0. The zero-order valence-electron chi connectivity index (χ0n) is 13.4. The van der Waals surface area contributed by atoms with Crippen LogP contribution in [0.5, 0.6) is 0 Å². The number of hydrogen-bond acceptors (Lipinski definition) is 4. The van der Waals surface area contributed by atoms with Gasteiger partial charge in [0, 0.05) is 18.3 Å². The van der Waals surface area contributed by atoms with Gasteiger partial charge in [-0.1, -0.05) is 42.0 Å². The summed E-state index contributed by atoms with van der Waals surface area (Å²) in [6.07, 6.45) is 1.57. The van der Waals surface area contributed by atoms with Crippen LogP contribution < -0.4 is 10.6 Å². The summed E-state index contributed by atoms with van der Waals surface area (Å²) in [6.45, 7) is 4.93. The third-order valence-corrected chi connectivity index (χ3v) is 3.71. The molecule has 0 aliphatic heterocycles. The maximum Gasteiger partial charge on any atom is 0.135 e. The fourth-order valence-electron chi connectivity index (χ4n) is 2.30. The first-order valence-corrected chi connectivity index (χ1v) is 7.65. The molecule has 0 radical (unpaired) electrons. The van der Waals surface area contributed by atoms with Crippen molar-refractivity contribution in [3.05, 3.63) is 77.6 Å². The minimum Gasteiger partial charge on any atom is -0.366 e. The first-order chi connectivity index (χ1) is 11.2. The van der Waals surface area contributed by atoms with E-state index in [-0.39, 0.29) is 0 Å². The van der Waals surface area contributed by atoms with E-state index in [2.05, 4.69) is 58.7 Å². The topological polar surface area (TPSA) is 49.8 Å². The quantitative estimate of drug-likeness (QED) is 0.731. The molecule has 0 amide bonds. The van der Waals surface area contributed by atoms with E-state index in [1.165, 1.54) is 16.7 Å². The van der Waals surface area contributed by atoms with E-state index in [4.69, 9.17) is 0 Å². The minimum absolute atomic E-state index is 0.744. The Labute approximate surface area is 136 Å². The molecule has 23 heavy (non-hydrogen) atoms. The molecule has 116 valence electrons. The highest BCUT2D eigenvalue weighted by Crippen LogP contribution is 2.17. The van der Waals surface area contributed by atoms with E-state index < -0.39 is 0 Å². The van der Waals surface area contributed by atoms with Gasteiger partial charge >= 0.3 is 0 Å².